The van der Waals surface area contributed by atoms with Crippen LogP contribution >= 0.6 is 12.4 Å². The zero-order valence-corrected chi connectivity index (χ0v) is 12.6. The normalized spacial score (nSPS) is 17.8. The van der Waals surface area contributed by atoms with Gasteiger partial charge in [-0.05, 0) is 37.0 Å². The van der Waals surface area contributed by atoms with Crippen LogP contribution in [-0.4, -0.2) is 6.54 Å². The smallest absolute Gasteiger partial charge is 0.0542 e. The molecule has 0 spiro atoms. The average molecular weight is 291 g/mol. The highest BCUT2D eigenvalue weighted by Crippen LogP contribution is 2.34. The standard InChI is InChI=1S/C17H19N.ClH.H3N/c1-3-9-15(10-4-1)17-13-7-8-14-18(17)16-11-5-2-6-12-16;;/h1-6,9-12,17H,7-8,13-14H2;1H;1H3. The van der Waals surface area contributed by atoms with Gasteiger partial charge in [-0.15, -0.1) is 12.4 Å². The summed E-state index contributed by atoms with van der Waals surface area (Å²) in [6.07, 6.45) is 3.90. The van der Waals surface area contributed by atoms with E-state index < -0.39 is 0 Å². The van der Waals surface area contributed by atoms with E-state index in [1.165, 1.54) is 37.1 Å². The number of hydrogen-bond donors (Lipinski definition) is 1. The van der Waals surface area contributed by atoms with E-state index >= 15 is 0 Å². The highest BCUT2D eigenvalue weighted by molar-refractivity contribution is 5.85. The molecule has 2 aromatic carbocycles. The number of rotatable bonds is 2. The van der Waals surface area contributed by atoms with Crippen LogP contribution in [-0.2, 0) is 0 Å². The Hall–Kier alpha value is -1.51. The van der Waals surface area contributed by atoms with E-state index in [4.69, 9.17) is 0 Å². The number of para-hydroxylation sites is 1. The highest BCUT2D eigenvalue weighted by atomic mass is 35.5. The summed E-state index contributed by atoms with van der Waals surface area (Å²) >= 11 is 0. The SMILES string of the molecule is Cl.N.c1ccc(C2CCCCN2c2ccccc2)cc1. The molecule has 0 saturated carbocycles. The first-order valence-electron chi connectivity index (χ1n) is 6.82. The fourth-order valence-corrected chi connectivity index (χ4v) is 2.88. The molecule has 1 fully saturated rings. The van der Waals surface area contributed by atoms with E-state index in [1.54, 1.807) is 0 Å². The second kappa shape index (κ2) is 7.93. The maximum atomic E-state index is 2.55. The van der Waals surface area contributed by atoms with Crippen molar-refractivity contribution in [2.24, 2.45) is 0 Å². The number of benzene rings is 2. The molecule has 2 aromatic rings. The maximum Gasteiger partial charge on any atom is 0.0542 e. The van der Waals surface area contributed by atoms with Gasteiger partial charge in [-0.1, -0.05) is 48.5 Å². The molecular formula is C17H23ClN2. The second-order valence-corrected chi connectivity index (χ2v) is 4.95. The van der Waals surface area contributed by atoms with Gasteiger partial charge < -0.3 is 11.1 Å². The summed E-state index contributed by atoms with van der Waals surface area (Å²) in [6, 6.07) is 22.2. The maximum absolute atomic E-state index is 2.55. The third kappa shape index (κ3) is 3.53. The Morgan fingerprint density at radius 2 is 1.40 bits per heavy atom. The molecule has 1 aliphatic rings. The van der Waals surface area contributed by atoms with Gasteiger partial charge in [0.1, 0.15) is 0 Å². The van der Waals surface area contributed by atoms with Crippen LogP contribution in [0.3, 0.4) is 0 Å². The molecule has 1 atom stereocenters. The zero-order valence-electron chi connectivity index (χ0n) is 11.7. The lowest BCUT2D eigenvalue weighted by Crippen LogP contribution is -2.33. The third-order valence-corrected chi connectivity index (χ3v) is 3.77. The van der Waals surface area contributed by atoms with E-state index in [9.17, 15) is 0 Å². The molecule has 0 aliphatic carbocycles. The lowest BCUT2D eigenvalue weighted by molar-refractivity contribution is 0.473. The second-order valence-electron chi connectivity index (χ2n) is 4.95. The summed E-state index contributed by atoms with van der Waals surface area (Å²) in [5.74, 6) is 0. The van der Waals surface area contributed by atoms with Crippen molar-refractivity contribution in [2.75, 3.05) is 11.4 Å². The number of halogens is 1. The van der Waals surface area contributed by atoms with Gasteiger partial charge in [0.25, 0.3) is 0 Å². The van der Waals surface area contributed by atoms with Crippen LogP contribution in [0, 0.1) is 0 Å². The monoisotopic (exact) mass is 290 g/mol. The van der Waals surface area contributed by atoms with Gasteiger partial charge >= 0.3 is 0 Å². The van der Waals surface area contributed by atoms with Gasteiger partial charge in [0.2, 0.25) is 0 Å². The number of nitrogens with zero attached hydrogens (tertiary/aromatic N) is 1. The van der Waals surface area contributed by atoms with E-state index in [0.717, 1.165) is 0 Å². The Balaban J connectivity index is 0.000001000. The summed E-state index contributed by atoms with van der Waals surface area (Å²) < 4.78 is 0. The molecule has 0 aromatic heterocycles. The highest BCUT2D eigenvalue weighted by Gasteiger charge is 2.23. The van der Waals surface area contributed by atoms with Gasteiger partial charge in [0, 0.05) is 12.2 Å². The lowest BCUT2D eigenvalue weighted by atomic mass is 9.94. The number of hydrogen-bond acceptors (Lipinski definition) is 2. The summed E-state index contributed by atoms with van der Waals surface area (Å²) in [5, 5.41) is 0. The van der Waals surface area contributed by atoms with Crippen LogP contribution in [0.1, 0.15) is 30.9 Å². The van der Waals surface area contributed by atoms with Crippen LogP contribution in [0.4, 0.5) is 5.69 Å². The summed E-state index contributed by atoms with van der Waals surface area (Å²) in [6.45, 7) is 1.17. The van der Waals surface area contributed by atoms with E-state index in [1.807, 2.05) is 0 Å². The molecule has 1 saturated heterocycles. The molecule has 1 unspecified atom stereocenters. The van der Waals surface area contributed by atoms with Gasteiger partial charge in [-0.3, -0.25) is 0 Å². The van der Waals surface area contributed by atoms with Crippen LogP contribution in [0.15, 0.2) is 60.7 Å². The first-order valence-corrected chi connectivity index (χ1v) is 6.82. The molecule has 108 valence electrons. The van der Waals surface area contributed by atoms with Crippen molar-refractivity contribution in [1.82, 2.24) is 6.15 Å². The fraction of sp³-hybridized carbons (Fsp3) is 0.294. The molecular weight excluding hydrogens is 268 g/mol. The van der Waals surface area contributed by atoms with E-state index in [-0.39, 0.29) is 18.6 Å². The van der Waals surface area contributed by atoms with Gasteiger partial charge in [0.15, 0.2) is 0 Å². The minimum absolute atomic E-state index is 0. The van der Waals surface area contributed by atoms with Crippen molar-refractivity contribution in [1.29, 1.82) is 0 Å². The summed E-state index contributed by atoms with van der Waals surface area (Å²) in [4.78, 5) is 2.55. The lowest BCUT2D eigenvalue weighted by Gasteiger charge is -2.38. The minimum atomic E-state index is 0. The molecule has 0 bridgehead atoms. The van der Waals surface area contributed by atoms with Gasteiger partial charge in [0.05, 0.1) is 6.04 Å². The molecule has 3 rings (SSSR count). The van der Waals surface area contributed by atoms with Crippen molar-refractivity contribution in [2.45, 2.75) is 25.3 Å². The van der Waals surface area contributed by atoms with Crippen LogP contribution in [0.25, 0.3) is 0 Å². The summed E-state index contributed by atoms with van der Waals surface area (Å²) in [5.41, 5.74) is 2.80. The quantitative estimate of drug-likeness (QED) is 0.845. The Bertz CT molecular complexity index is 439. The van der Waals surface area contributed by atoms with Gasteiger partial charge in [-0.25, -0.2) is 0 Å². The molecule has 0 amide bonds. The largest absolute Gasteiger partial charge is 0.364 e. The number of piperidine rings is 1. The molecule has 20 heavy (non-hydrogen) atoms. The Kier molecular flexibility index (Phi) is 6.56. The molecule has 0 radical (unpaired) electrons. The minimum Gasteiger partial charge on any atom is -0.364 e. The van der Waals surface area contributed by atoms with Crippen molar-refractivity contribution in [3.05, 3.63) is 66.2 Å². The average Bonchev–Trinajstić information content (AvgIpc) is 2.49. The third-order valence-electron chi connectivity index (χ3n) is 3.77. The molecule has 1 aliphatic heterocycles. The van der Waals surface area contributed by atoms with Crippen molar-refractivity contribution >= 4 is 18.1 Å². The van der Waals surface area contributed by atoms with Crippen LogP contribution < -0.4 is 11.1 Å². The Morgan fingerprint density at radius 3 is 2.05 bits per heavy atom. The van der Waals surface area contributed by atoms with Crippen LogP contribution in [0.5, 0.6) is 0 Å². The van der Waals surface area contributed by atoms with Crippen molar-refractivity contribution < 1.29 is 0 Å². The predicted molar refractivity (Wildman–Crippen MR) is 89.1 cm³/mol. The molecule has 3 heteroatoms. The molecule has 3 N–H and O–H groups in total. The van der Waals surface area contributed by atoms with Gasteiger partial charge in [-0.2, -0.15) is 0 Å². The molecule has 1 heterocycles. The topological polar surface area (TPSA) is 38.2 Å². The molecule has 2 nitrogen and oxygen atoms in total. The fourth-order valence-electron chi connectivity index (χ4n) is 2.88. The van der Waals surface area contributed by atoms with Crippen molar-refractivity contribution in [3.8, 4) is 0 Å². The van der Waals surface area contributed by atoms with Crippen molar-refractivity contribution in [3.63, 3.8) is 0 Å². The Labute approximate surface area is 127 Å². The predicted octanol–water partition coefficient (Wildman–Crippen LogP) is 5.00. The van der Waals surface area contributed by atoms with E-state index in [0.29, 0.717) is 6.04 Å². The van der Waals surface area contributed by atoms with Crippen LogP contribution in [0.2, 0.25) is 0 Å². The van der Waals surface area contributed by atoms with E-state index in [2.05, 4.69) is 65.6 Å². The zero-order chi connectivity index (χ0) is 12.2. The Morgan fingerprint density at radius 1 is 0.800 bits per heavy atom. The first kappa shape index (κ1) is 16.5. The first-order chi connectivity index (χ1) is 8.95. The summed E-state index contributed by atoms with van der Waals surface area (Å²) in [7, 11) is 0. The number of anilines is 1.